The van der Waals surface area contributed by atoms with Gasteiger partial charge in [0.1, 0.15) is 12.8 Å². The molecule has 0 bridgehead atoms. The van der Waals surface area contributed by atoms with E-state index in [4.69, 9.17) is 4.74 Å². The number of hydrogen-bond donors (Lipinski definition) is 0. The highest BCUT2D eigenvalue weighted by Crippen LogP contribution is 2.20. The molecule has 0 saturated carbocycles. The molecule has 0 radical (unpaired) electrons. The Hall–Kier alpha value is -2.05. The smallest absolute Gasteiger partial charge is 0.333 e. The number of carbonyl (C=O) groups excluding carboxylic acids is 1. The van der Waals surface area contributed by atoms with Gasteiger partial charge in [0.05, 0.1) is 12.5 Å². The molecule has 1 amide bonds. The average Bonchev–Trinajstić information content (AvgIpc) is 3.15. The van der Waals surface area contributed by atoms with Crippen molar-refractivity contribution in [3.63, 3.8) is 0 Å². The van der Waals surface area contributed by atoms with Gasteiger partial charge in [-0.15, -0.1) is 0 Å². The largest absolute Gasteiger partial charge is 0.358 e. The van der Waals surface area contributed by atoms with Crippen molar-refractivity contribution < 1.29 is 22.3 Å². The van der Waals surface area contributed by atoms with Crippen LogP contribution in [0.1, 0.15) is 19.1 Å². The standard InChI is InChI=1S/C15H21FN4O6S/c1-27(24,25)18-6-4-17(5-7-18)12(21)10-20-14(22)11(16)9-19(15(20)23)13-3-2-8-26-13/h9,13H,2-8,10H2,1H3/t13-/m1/s1. The Kier molecular flexibility index (Phi) is 5.49. The Morgan fingerprint density at radius 1 is 1.26 bits per heavy atom. The lowest BCUT2D eigenvalue weighted by Crippen LogP contribution is -2.52. The molecule has 3 rings (SSSR count). The zero-order valence-electron chi connectivity index (χ0n) is 14.8. The van der Waals surface area contributed by atoms with Gasteiger partial charge in [0.2, 0.25) is 21.7 Å². The summed E-state index contributed by atoms with van der Waals surface area (Å²) in [6.45, 7) is 0.347. The van der Waals surface area contributed by atoms with Crippen LogP contribution in [0.5, 0.6) is 0 Å². The second-order valence-corrected chi connectivity index (χ2v) is 8.55. The fourth-order valence-corrected chi connectivity index (χ4v) is 4.04. The second kappa shape index (κ2) is 7.52. The van der Waals surface area contributed by atoms with Crippen molar-refractivity contribution in [1.82, 2.24) is 18.3 Å². The predicted octanol–water partition coefficient (Wildman–Crippen LogP) is -1.44. The van der Waals surface area contributed by atoms with E-state index in [1.54, 1.807) is 0 Å². The summed E-state index contributed by atoms with van der Waals surface area (Å²) in [7, 11) is -3.34. The summed E-state index contributed by atoms with van der Waals surface area (Å²) in [6.07, 6.45) is 2.46. The minimum atomic E-state index is -3.34. The molecule has 0 aliphatic carbocycles. The average molecular weight is 404 g/mol. The molecular formula is C15H21FN4O6S. The summed E-state index contributed by atoms with van der Waals surface area (Å²) in [5.74, 6) is -1.69. The number of piperazine rings is 1. The van der Waals surface area contributed by atoms with Crippen molar-refractivity contribution in [2.24, 2.45) is 0 Å². The van der Waals surface area contributed by atoms with Crippen molar-refractivity contribution in [2.45, 2.75) is 25.6 Å². The molecule has 3 heterocycles. The second-order valence-electron chi connectivity index (χ2n) is 6.57. The van der Waals surface area contributed by atoms with Crippen LogP contribution in [0.25, 0.3) is 0 Å². The van der Waals surface area contributed by atoms with Gasteiger partial charge < -0.3 is 9.64 Å². The molecule has 0 unspecified atom stereocenters. The van der Waals surface area contributed by atoms with Gasteiger partial charge in [0.15, 0.2) is 0 Å². The summed E-state index contributed by atoms with van der Waals surface area (Å²) >= 11 is 0. The molecule has 150 valence electrons. The Labute approximate surface area is 154 Å². The number of halogens is 1. The first kappa shape index (κ1) is 19.7. The molecule has 1 atom stereocenters. The third kappa shape index (κ3) is 4.12. The van der Waals surface area contributed by atoms with Gasteiger partial charge in [0.25, 0.3) is 5.56 Å². The zero-order chi connectivity index (χ0) is 19.8. The molecule has 1 aromatic heterocycles. The summed E-state index contributed by atoms with van der Waals surface area (Å²) in [5, 5.41) is 0. The van der Waals surface area contributed by atoms with E-state index in [0.29, 0.717) is 24.0 Å². The molecule has 12 heteroatoms. The number of ether oxygens (including phenoxy) is 1. The van der Waals surface area contributed by atoms with Crippen LogP contribution in [0.2, 0.25) is 0 Å². The molecule has 0 aromatic carbocycles. The van der Waals surface area contributed by atoms with Crippen LogP contribution in [-0.2, 0) is 26.1 Å². The van der Waals surface area contributed by atoms with E-state index in [2.05, 4.69) is 0 Å². The summed E-state index contributed by atoms with van der Waals surface area (Å²) in [6, 6.07) is 0. The molecule has 1 aromatic rings. The van der Waals surface area contributed by atoms with Gasteiger partial charge in [-0.1, -0.05) is 0 Å². The highest BCUT2D eigenvalue weighted by Gasteiger charge is 2.28. The number of carbonyl (C=O) groups is 1. The molecule has 2 saturated heterocycles. The van der Waals surface area contributed by atoms with E-state index in [0.717, 1.165) is 17.0 Å². The Bertz CT molecular complexity index is 942. The monoisotopic (exact) mass is 404 g/mol. The molecule has 27 heavy (non-hydrogen) atoms. The predicted molar refractivity (Wildman–Crippen MR) is 92.1 cm³/mol. The number of hydrogen-bond acceptors (Lipinski definition) is 6. The van der Waals surface area contributed by atoms with Crippen LogP contribution < -0.4 is 11.2 Å². The highest BCUT2D eigenvalue weighted by atomic mass is 32.2. The first-order valence-corrected chi connectivity index (χ1v) is 10.4. The van der Waals surface area contributed by atoms with Crippen LogP contribution in [-0.4, -0.2) is 71.7 Å². The van der Waals surface area contributed by atoms with Crippen molar-refractivity contribution in [1.29, 1.82) is 0 Å². The minimum Gasteiger partial charge on any atom is -0.358 e. The maximum absolute atomic E-state index is 14.0. The lowest BCUT2D eigenvalue weighted by atomic mass is 10.3. The first-order chi connectivity index (χ1) is 12.7. The molecule has 0 spiro atoms. The molecule has 0 N–H and O–H groups in total. The van der Waals surface area contributed by atoms with Gasteiger partial charge in [-0.3, -0.25) is 14.2 Å². The lowest BCUT2D eigenvalue weighted by Gasteiger charge is -2.33. The Morgan fingerprint density at radius 3 is 2.48 bits per heavy atom. The summed E-state index contributed by atoms with van der Waals surface area (Å²) < 4.78 is 45.2. The number of nitrogens with zero attached hydrogens (tertiary/aromatic N) is 4. The van der Waals surface area contributed by atoms with E-state index in [-0.39, 0.29) is 26.2 Å². The maximum atomic E-state index is 14.0. The lowest BCUT2D eigenvalue weighted by molar-refractivity contribution is -0.133. The fraction of sp³-hybridized carbons (Fsp3) is 0.667. The van der Waals surface area contributed by atoms with Crippen LogP contribution in [0.15, 0.2) is 15.8 Å². The van der Waals surface area contributed by atoms with E-state index < -0.39 is 45.8 Å². The summed E-state index contributed by atoms with van der Waals surface area (Å²) in [5.41, 5.74) is -1.98. The van der Waals surface area contributed by atoms with Gasteiger partial charge in [0, 0.05) is 32.8 Å². The van der Waals surface area contributed by atoms with E-state index in [1.807, 2.05) is 0 Å². The third-order valence-corrected chi connectivity index (χ3v) is 6.03. The van der Waals surface area contributed by atoms with Crippen molar-refractivity contribution in [3.05, 3.63) is 32.9 Å². The van der Waals surface area contributed by atoms with Crippen molar-refractivity contribution in [2.75, 3.05) is 39.0 Å². The number of amides is 1. The van der Waals surface area contributed by atoms with Crippen molar-refractivity contribution >= 4 is 15.9 Å². The SMILES string of the molecule is CS(=O)(=O)N1CCN(C(=O)Cn2c(=O)c(F)cn([C@H]3CCCO3)c2=O)CC1. The number of rotatable bonds is 4. The van der Waals surface area contributed by atoms with Gasteiger partial charge in [-0.05, 0) is 12.8 Å². The molecule has 2 aliphatic rings. The van der Waals surface area contributed by atoms with E-state index >= 15 is 0 Å². The van der Waals surface area contributed by atoms with Crippen LogP contribution in [0.4, 0.5) is 4.39 Å². The van der Waals surface area contributed by atoms with Crippen LogP contribution >= 0.6 is 0 Å². The quantitative estimate of drug-likeness (QED) is 0.608. The minimum absolute atomic E-state index is 0.128. The van der Waals surface area contributed by atoms with Gasteiger partial charge >= 0.3 is 5.69 Å². The van der Waals surface area contributed by atoms with Crippen LogP contribution in [0, 0.1) is 5.82 Å². The normalized spacial score (nSPS) is 21.6. The highest BCUT2D eigenvalue weighted by molar-refractivity contribution is 7.88. The third-order valence-electron chi connectivity index (χ3n) is 4.72. The van der Waals surface area contributed by atoms with Gasteiger partial charge in [-0.25, -0.2) is 17.8 Å². The Morgan fingerprint density at radius 2 is 1.93 bits per heavy atom. The molecule has 10 nitrogen and oxygen atoms in total. The first-order valence-electron chi connectivity index (χ1n) is 8.54. The Balaban J connectivity index is 1.78. The topological polar surface area (TPSA) is 111 Å². The summed E-state index contributed by atoms with van der Waals surface area (Å²) in [4.78, 5) is 38.4. The molecular weight excluding hydrogens is 383 g/mol. The maximum Gasteiger partial charge on any atom is 0.333 e. The van der Waals surface area contributed by atoms with Crippen molar-refractivity contribution in [3.8, 4) is 0 Å². The van der Waals surface area contributed by atoms with E-state index in [1.165, 1.54) is 9.21 Å². The van der Waals surface area contributed by atoms with E-state index in [9.17, 15) is 27.2 Å². The van der Waals surface area contributed by atoms with Crippen LogP contribution in [0.3, 0.4) is 0 Å². The fourth-order valence-electron chi connectivity index (χ4n) is 3.22. The molecule has 2 fully saturated rings. The number of sulfonamides is 1. The zero-order valence-corrected chi connectivity index (χ0v) is 15.7. The number of aromatic nitrogens is 2. The van der Waals surface area contributed by atoms with Gasteiger partial charge in [-0.2, -0.15) is 8.70 Å². The molecule has 2 aliphatic heterocycles.